The third-order valence-corrected chi connectivity index (χ3v) is 6.18. The first-order chi connectivity index (χ1) is 18.1. The average Bonchev–Trinajstić information content (AvgIpc) is 3.34. The van der Waals surface area contributed by atoms with Crippen molar-refractivity contribution in [2.75, 3.05) is 13.2 Å². The monoisotopic (exact) mass is 572 g/mol. The van der Waals surface area contributed by atoms with Gasteiger partial charge in [-0.25, -0.2) is 0 Å². The van der Waals surface area contributed by atoms with Gasteiger partial charge in [-0.1, -0.05) is 46.6 Å². The summed E-state index contributed by atoms with van der Waals surface area (Å²) in [6.45, 7) is 0.714. The Morgan fingerprint density at radius 1 is 1.05 bits per heavy atom. The Hall–Kier alpha value is -3.15. The zero-order valence-corrected chi connectivity index (χ0v) is 21.6. The number of nitrogens with two attached hydrogens (primary N) is 1. The number of aromatic nitrogens is 2. The molecule has 0 saturated carbocycles. The maximum absolute atomic E-state index is 12.7. The molecule has 8 nitrogen and oxygen atoms in total. The standard InChI is InChI=1S/C25H25Cl2F3N4O4/c26-18-9-6-16(13-19(18)27)10-12-37-17-7-4-15(5-8-17)14-21-33-23(34-38-21)22(35)20(3-1-2-11-31)32-24(36)25(28,29)30/h4-9,13,20H,1-3,10-12,14,31H2,(H,32,36)/t20-/m0/s1. The molecule has 1 amide bonds. The van der Waals surface area contributed by atoms with Crippen molar-refractivity contribution in [2.45, 2.75) is 44.3 Å². The number of alkyl halides is 3. The predicted molar refractivity (Wildman–Crippen MR) is 134 cm³/mol. The van der Waals surface area contributed by atoms with Gasteiger partial charge in [-0.3, -0.25) is 9.59 Å². The third kappa shape index (κ3) is 8.71. The molecule has 0 radical (unpaired) electrons. The van der Waals surface area contributed by atoms with Gasteiger partial charge in [0, 0.05) is 6.42 Å². The molecular formula is C25H25Cl2F3N4O4. The van der Waals surface area contributed by atoms with Gasteiger partial charge in [-0.2, -0.15) is 18.2 Å². The molecule has 0 spiro atoms. The van der Waals surface area contributed by atoms with Gasteiger partial charge in [-0.15, -0.1) is 0 Å². The quantitative estimate of drug-likeness (QED) is 0.219. The summed E-state index contributed by atoms with van der Waals surface area (Å²) in [4.78, 5) is 28.1. The second-order valence-electron chi connectivity index (χ2n) is 8.35. The smallest absolute Gasteiger partial charge is 0.471 e. The van der Waals surface area contributed by atoms with E-state index in [0.717, 1.165) is 11.1 Å². The van der Waals surface area contributed by atoms with Crippen molar-refractivity contribution in [3.05, 3.63) is 75.4 Å². The van der Waals surface area contributed by atoms with Gasteiger partial charge in [0.2, 0.25) is 17.5 Å². The number of hydrogen-bond donors (Lipinski definition) is 2. The van der Waals surface area contributed by atoms with E-state index in [4.69, 9.17) is 38.2 Å². The highest BCUT2D eigenvalue weighted by molar-refractivity contribution is 6.42. The first-order valence-corrected chi connectivity index (χ1v) is 12.4. The van der Waals surface area contributed by atoms with E-state index < -0.39 is 29.7 Å². The van der Waals surface area contributed by atoms with Crippen LogP contribution in [-0.2, 0) is 17.6 Å². The van der Waals surface area contributed by atoms with E-state index >= 15 is 0 Å². The number of ketones is 1. The number of unbranched alkanes of at least 4 members (excludes halogenated alkanes) is 1. The van der Waals surface area contributed by atoms with E-state index in [9.17, 15) is 22.8 Å². The fraction of sp³-hybridized carbons (Fsp3) is 0.360. The largest absolute Gasteiger partial charge is 0.493 e. The van der Waals surface area contributed by atoms with Gasteiger partial charge >= 0.3 is 12.1 Å². The molecule has 2 aromatic carbocycles. The lowest BCUT2D eigenvalue weighted by molar-refractivity contribution is -0.174. The van der Waals surface area contributed by atoms with Gasteiger partial charge in [0.1, 0.15) is 5.75 Å². The van der Waals surface area contributed by atoms with Crippen LogP contribution < -0.4 is 15.8 Å². The number of ether oxygens (including phenoxy) is 1. The minimum absolute atomic E-state index is 0.0474. The maximum atomic E-state index is 12.7. The summed E-state index contributed by atoms with van der Waals surface area (Å²) in [5, 5.41) is 6.27. The molecule has 0 unspecified atom stereocenters. The highest BCUT2D eigenvalue weighted by atomic mass is 35.5. The topological polar surface area (TPSA) is 120 Å². The van der Waals surface area contributed by atoms with Crippen molar-refractivity contribution in [3.8, 4) is 5.75 Å². The molecule has 1 atom stereocenters. The van der Waals surface area contributed by atoms with Crippen LogP contribution in [0.4, 0.5) is 13.2 Å². The Bertz CT molecular complexity index is 1240. The lowest BCUT2D eigenvalue weighted by Gasteiger charge is -2.17. The van der Waals surface area contributed by atoms with Crippen molar-refractivity contribution in [2.24, 2.45) is 5.73 Å². The molecular weight excluding hydrogens is 548 g/mol. The van der Waals surface area contributed by atoms with Crippen molar-refractivity contribution >= 4 is 34.9 Å². The van der Waals surface area contributed by atoms with Crippen molar-refractivity contribution in [1.29, 1.82) is 0 Å². The summed E-state index contributed by atoms with van der Waals surface area (Å²) in [5.74, 6) is -2.78. The molecule has 0 aliphatic heterocycles. The van der Waals surface area contributed by atoms with Crippen molar-refractivity contribution in [3.63, 3.8) is 0 Å². The van der Waals surface area contributed by atoms with Crippen LogP contribution in [0.2, 0.25) is 10.0 Å². The molecule has 0 fully saturated rings. The predicted octanol–water partition coefficient (Wildman–Crippen LogP) is 4.95. The van der Waals surface area contributed by atoms with Gasteiger partial charge in [0.15, 0.2) is 0 Å². The number of halogens is 5. The van der Waals surface area contributed by atoms with Crippen LogP contribution in [0, 0.1) is 0 Å². The molecule has 204 valence electrons. The normalized spacial score (nSPS) is 12.3. The highest BCUT2D eigenvalue weighted by Crippen LogP contribution is 2.23. The zero-order chi connectivity index (χ0) is 27.7. The number of nitrogens with one attached hydrogen (secondary N) is 1. The minimum atomic E-state index is -5.13. The molecule has 0 aliphatic rings. The molecule has 0 aliphatic carbocycles. The fourth-order valence-corrected chi connectivity index (χ4v) is 3.76. The molecule has 0 bridgehead atoms. The van der Waals surface area contributed by atoms with Gasteiger partial charge < -0.3 is 20.3 Å². The molecule has 3 rings (SSSR count). The first-order valence-electron chi connectivity index (χ1n) is 11.7. The molecule has 38 heavy (non-hydrogen) atoms. The Kier molecular flexibility index (Phi) is 10.5. The van der Waals surface area contributed by atoms with Crippen LogP contribution in [0.3, 0.4) is 0 Å². The van der Waals surface area contributed by atoms with E-state index in [1.54, 1.807) is 41.7 Å². The van der Waals surface area contributed by atoms with Crippen LogP contribution in [0.1, 0.15) is 46.9 Å². The van der Waals surface area contributed by atoms with Crippen molar-refractivity contribution in [1.82, 2.24) is 15.5 Å². The average molecular weight is 573 g/mol. The summed E-state index contributed by atoms with van der Waals surface area (Å²) < 4.78 is 49.0. The van der Waals surface area contributed by atoms with E-state index in [0.29, 0.717) is 48.2 Å². The lowest BCUT2D eigenvalue weighted by atomic mass is 10.0. The van der Waals surface area contributed by atoms with E-state index in [-0.39, 0.29) is 18.7 Å². The summed E-state index contributed by atoms with van der Waals surface area (Å²) in [5.41, 5.74) is 7.16. The van der Waals surface area contributed by atoms with Gasteiger partial charge in [-0.05, 0) is 61.2 Å². The Morgan fingerprint density at radius 2 is 1.76 bits per heavy atom. The number of benzene rings is 2. The summed E-state index contributed by atoms with van der Waals surface area (Å²) >= 11 is 11.9. The summed E-state index contributed by atoms with van der Waals surface area (Å²) in [6, 6.07) is 11.0. The number of amides is 1. The van der Waals surface area contributed by atoms with Crippen LogP contribution in [0.15, 0.2) is 47.0 Å². The SMILES string of the molecule is NCCCC[C@H](NC(=O)C(F)(F)F)C(=O)c1noc(Cc2ccc(OCCc3ccc(Cl)c(Cl)c3)cc2)n1. The van der Waals surface area contributed by atoms with Crippen LogP contribution in [0.5, 0.6) is 5.75 Å². The minimum Gasteiger partial charge on any atom is -0.493 e. The summed E-state index contributed by atoms with van der Waals surface area (Å²) in [6.07, 6.45) is -3.57. The first kappa shape index (κ1) is 29.4. The third-order valence-electron chi connectivity index (χ3n) is 5.44. The molecule has 1 aromatic heterocycles. The van der Waals surface area contributed by atoms with Crippen molar-refractivity contribution < 1.29 is 32.0 Å². The number of nitrogens with zero attached hydrogens (tertiary/aromatic N) is 2. The number of hydrogen-bond acceptors (Lipinski definition) is 7. The number of carbonyl (C=O) groups excluding carboxylic acids is 2. The van der Waals surface area contributed by atoms with E-state index in [2.05, 4.69) is 10.1 Å². The zero-order valence-electron chi connectivity index (χ0n) is 20.1. The maximum Gasteiger partial charge on any atom is 0.471 e. The van der Waals surface area contributed by atoms with Gasteiger partial charge in [0.05, 0.1) is 29.1 Å². The fourth-order valence-electron chi connectivity index (χ4n) is 3.44. The Balaban J connectivity index is 1.56. The van der Waals surface area contributed by atoms with E-state index in [1.165, 1.54) is 0 Å². The summed E-state index contributed by atoms with van der Waals surface area (Å²) in [7, 11) is 0. The van der Waals surface area contributed by atoms with Crippen LogP contribution in [-0.4, -0.2) is 47.2 Å². The number of rotatable bonds is 13. The van der Waals surface area contributed by atoms with E-state index in [1.807, 2.05) is 6.07 Å². The Labute approximate surface area is 226 Å². The molecule has 3 aromatic rings. The molecule has 0 saturated heterocycles. The Morgan fingerprint density at radius 3 is 2.42 bits per heavy atom. The number of Topliss-reactive ketones (excluding diaryl/α,β-unsaturated/α-hetero) is 1. The molecule has 13 heteroatoms. The number of carbonyl (C=O) groups is 2. The second-order valence-corrected chi connectivity index (χ2v) is 9.17. The lowest BCUT2D eigenvalue weighted by Crippen LogP contribution is -2.47. The second kappa shape index (κ2) is 13.6. The van der Waals surface area contributed by atoms with Gasteiger partial charge in [0.25, 0.3) is 0 Å². The molecule has 3 N–H and O–H groups in total. The van der Waals surface area contributed by atoms with Crippen LogP contribution in [0.25, 0.3) is 0 Å². The van der Waals surface area contributed by atoms with Crippen LogP contribution >= 0.6 is 23.2 Å². The highest BCUT2D eigenvalue weighted by Gasteiger charge is 2.41. The molecule has 1 heterocycles.